The average molecular weight is 1730 g/mol. The number of piperazine rings is 3. The van der Waals surface area contributed by atoms with Crippen LogP contribution in [0.3, 0.4) is 0 Å². The molecule has 3 amide bonds. The minimum absolute atomic E-state index is 0.0366. The van der Waals surface area contributed by atoms with E-state index in [1.54, 1.807) is 52.3 Å². The van der Waals surface area contributed by atoms with Crippen molar-refractivity contribution in [2.24, 2.45) is 0 Å². The molecule has 6 aromatic heterocycles. The summed E-state index contributed by atoms with van der Waals surface area (Å²) in [5, 5.41) is 40.0. The van der Waals surface area contributed by atoms with Crippen molar-refractivity contribution in [3.05, 3.63) is 192 Å². The van der Waals surface area contributed by atoms with E-state index >= 15 is 0 Å². The second-order valence-corrected chi connectivity index (χ2v) is 33.5. The molecule has 31 heteroatoms. The van der Waals surface area contributed by atoms with Crippen molar-refractivity contribution < 1.29 is 43.9 Å². The number of benzene rings is 6. The van der Waals surface area contributed by atoms with Gasteiger partial charge < -0.3 is 78.5 Å². The standard InChI is InChI=1S/C32H32ClN7O3.C32H35ClN6O3.C29H31ClN6O3/c1-4-28(42)40-13-12-39(18-22(40)17-34-2)31-26-16-27(33)29(25-15-23(41)14-20-8-5-6-10-24(20)25)35-30(26)36-32(37-31)43-19-21-9-7-11-38(21)3;1-5-28(41)38-16-20(3)39(17-19(38)2)31-26-15-27(33)29(25-14-23(40)13-21-9-6-7-11-24(21)25)34-30(26)35-32(36-31)42-18-22-10-8-12-37(22)4;1-5-25(38)35-10-12-36(13-11-35)28-23-16-24(30)26(22-15-20(37)14-19-8-6-7-9-21(19)22)31-27(23)32-29(33-28)39-18(2)17-34(3)4/h4-6,8,10,14-16,21-22,41H,1,7,9,11-13,17-19H2,3H3;5-7,9,11,13-15,19-20,22,40H,1,8,10,12,16-18H2,2-4H3;5-9,14-16,18,37H,1,10-13,17H2,2-4H3/t21-,22-;19-,20+,22+;18-/m011/s1. The molecule has 5 saturated heterocycles. The summed E-state index contributed by atoms with van der Waals surface area (Å²) in [6.45, 7) is 32.9. The smallest absolute Gasteiger partial charge is 0.320 e. The Morgan fingerprint density at radius 2 is 0.919 bits per heavy atom. The van der Waals surface area contributed by atoms with Crippen molar-refractivity contribution in [3.8, 4) is 69.1 Å². The molecule has 28 nitrogen and oxygen atoms in total. The van der Waals surface area contributed by atoms with Crippen LogP contribution in [0.25, 0.3) is 104 Å². The zero-order valence-corrected chi connectivity index (χ0v) is 72.6. The molecule has 640 valence electrons. The number of ether oxygens (including phenoxy) is 3. The molecule has 0 saturated carbocycles. The van der Waals surface area contributed by atoms with Gasteiger partial charge in [-0.3, -0.25) is 14.4 Å². The van der Waals surface area contributed by atoms with Crippen LogP contribution in [-0.2, 0) is 14.4 Å². The van der Waals surface area contributed by atoms with Crippen LogP contribution >= 0.6 is 34.8 Å². The number of nitrogens with zero attached hydrogens (tertiary/aromatic N) is 19. The third-order valence-corrected chi connectivity index (χ3v) is 24.4. The van der Waals surface area contributed by atoms with E-state index in [9.17, 15) is 29.7 Å². The zero-order valence-electron chi connectivity index (χ0n) is 70.3. The number of halogens is 3. The Hall–Kier alpha value is -12.4. The van der Waals surface area contributed by atoms with Gasteiger partial charge in [0.2, 0.25) is 24.3 Å². The molecule has 0 spiro atoms. The van der Waals surface area contributed by atoms with Crippen molar-refractivity contribution in [1.82, 2.24) is 74.3 Å². The fourth-order valence-corrected chi connectivity index (χ4v) is 18.0. The molecule has 12 aromatic rings. The van der Waals surface area contributed by atoms with Gasteiger partial charge in [0.15, 0.2) is 16.9 Å². The van der Waals surface area contributed by atoms with Gasteiger partial charge >= 0.3 is 18.0 Å². The van der Waals surface area contributed by atoms with Crippen LogP contribution in [0.2, 0.25) is 15.1 Å². The first-order valence-corrected chi connectivity index (χ1v) is 42.6. The van der Waals surface area contributed by atoms with Crippen LogP contribution in [0.4, 0.5) is 17.5 Å². The third kappa shape index (κ3) is 18.8. The number of hydrogen-bond acceptors (Lipinski definition) is 24. The Bertz CT molecular complexity index is 6150. The normalized spacial score (nSPS) is 18.5. The van der Waals surface area contributed by atoms with Gasteiger partial charge in [-0.2, -0.15) is 29.9 Å². The van der Waals surface area contributed by atoms with Crippen LogP contribution in [0.5, 0.6) is 35.3 Å². The van der Waals surface area contributed by atoms with Crippen molar-refractivity contribution in [3.63, 3.8) is 0 Å². The molecule has 5 aliphatic rings. The monoisotopic (exact) mass is 1730 g/mol. The van der Waals surface area contributed by atoms with Gasteiger partial charge in [0.05, 0.1) is 48.3 Å². The molecule has 5 fully saturated rings. The Balaban J connectivity index is 0.000000144. The van der Waals surface area contributed by atoms with Crippen molar-refractivity contribution in [1.29, 1.82) is 0 Å². The summed E-state index contributed by atoms with van der Waals surface area (Å²) in [6.07, 6.45) is 8.18. The van der Waals surface area contributed by atoms with Crippen molar-refractivity contribution in [2.45, 2.75) is 82.8 Å². The van der Waals surface area contributed by atoms with Crippen LogP contribution < -0.4 is 28.9 Å². The third-order valence-electron chi connectivity index (χ3n) is 23.5. The number of likely N-dealkylation sites (N-methyl/N-ethyl adjacent to an activating group) is 3. The highest BCUT2D eigenvalue weighted by molar-refractivity contribution is 6.35. The lowest BCUT2D eigenvalue weighted by Gasteiger charge is -2.44. The van der Waals surface area contributed by atoms with E-state index in [4.69, 9.17) is 95.5 Å². The number of phenols is 3. The molecule has 6 atom stereocenters. The Kier molecular flexibility index (Phi) is 26.4. The maximum Gasteiger partial charge on any atom is 0.320 e. The number of pyridine rings is 3. The summed E-state index contributed by atoms with van der Waals surface area (Å²) in [7, 11) is 8.15. The van der Waals surface area contributed by atoms with Crippen molar-refractivity contribution >= 4 is 135 Å². The highest BCUT2D eigenvalue weighted by Crippen LogP contribution is 2.44. The average Bonchev–Trinajstić information content (AvgIpc) is 0.949. The first-order valence-electron chi connectivity index (χ1n) is 41.5. The number of amides is 3. The summed E-state index contributed by atoms with van der Waals surface area (Å²) in [5.41, 5.74) is 4.90. The largest absolute Gasteiger partial charge is 0.508 e. The molecule has 0 radical (unpaired) electrons. The Morgan fingerprint density at radius 3 is 1.36 bits per heavy atom. The lowest BCUT2D eigenvalue weighted by Crippen LogP contribution is -2.58. The van der Waals surface area contributed by atoms with Gasteiger partial charge in [0.1, 0.15) is 60.1 Å². The zero-order chi connectivity index (χ0) is 87.3. The molecule has 5 aliphatic heterocycles. The highest BCUT2D eigenvalue weighted by atomic mass is 35.5. The quantitative estimate of drug-likeness (QED) is 0.0472. The number of phenolic OH excluding ortho intramolecular Hbond substituents is 3. The summed E-state index contributed by atoms with van der Waals surface area (Å²) >= 11 is 20.7. The molecule has 17 rings (SSSR count). The number of carbonyl (C=O) groups is 3. The molecular formula is C93H98Cl3N19O9. The van der Waals surface area contributed by atoms with E-state index in [2.05, 4.69) is 70.2 Å². The topological polar surface area (TPSA) is 289 Å². The van der Waals surface area contributed by atoms with E-state index in [1.165, 1.54) is 18.2 Å². The number of aromatic nitrogens is 9. The maximum absolute atomic E-state index is 12.5. The first kappa shape index (κ1) is 86.6. The lowest BCUT2D eigenvalue weighted by molar-refractivity contribution is -0.129. The molecule has 6 aromatic carbocycles. The van der Waals surface area contributed by atoms with E-state index in [0.29, 0.717) is 184 Å². The molecular weight excluding hydrogens is 1630 g/mol. The summed E-state index contributed by atoms with van der Waals surface area (Å²) in [6, 6.07) is 39.7. The van der Waals surface area contributed by atoms with Crippen LogP contribution in [-0.4, -0.2) is 270 Å². The fraction of sp³-hybridized carbons (Fsp3) is 0.344. The number of carbonyl (C=O) groups excluding carboxylic acids is 3. The second kappa shape index (κ2) is 37.8. The summed E-state index contributed by atoms with van der Waals surface area (Å²) in [4.78, 5) is 102. The van der Waals surface area contributed by atoms with Gasteiger partial charge in [0.25, 0.3) is 0 Å². The lowest BCUT2D eigenvalue weighted by atomic mass is 10.0. The molecule has 0 unspecified atom stereocenters. The minimum Gasteiger partial charge on any atom is -0.508 e. The van der Waals surface area contributed by atoms with E-state index in [0.717, 1.165) is 71.1 Å². The molecule has 0 bridgehead atoms. The number of fused-ring (bicyclic) bond motifs is 6. The molecule has 0 aliphatic carbocycles. The summed E-state index contributed by atoms with van der Waals surface area (Å²) in [5.74, 6) is 1.90. The van der Waals surface area contributed by atoms with Crippen LogP contribution in [0.15, 0.2) is 165 Å². The van der Waals surface area contributed by atoms with Crippen LogP contribution in [0.1, 0.15) is 46.5 Å². The number of rotatable bonds is 20. The first-order chi connectivity index (χ1) is 59.8. The molecule has 124 heavy (non-hydrogen) atoms. The van der Waals surface area contributed by atoms with Gasteiger partial charge in [-0.15, -0.1) is 0 Å². The van der Waals surface area contributed by atoms with E-state index in [-0.39, 0.29) is 89.8 Å². The predicted molar refractivity (Wildman–Crippen MR) is 488 cm³/mol. The SMILES string of the molecule is C=CC(=O)N1CCN(c2nc(O[C@H](C)CN(C)C)nc3nc(-c4cc(O)cc5ccccc45)c(Cl)cc23)CC1.C=CC(=O)N1C[C@H](C)N(c2nc(OC[C@@H]3CCCN3C)nc3nc(-c4cc(O)cc5ccccc45)c(Cl)cc23)C[C@H]1C.[C-]#[N+]C[C@H]1CN(c2nc(OC[C@@H]3CCCN3C)nc3nc(-c4cc(O)cc5ccccc45)c(Cl)cc23)CCN1C(=O)C=C. The molecule has 11 heterocycles. The van der Waals surface area contributed by atoms with Gasteiger partial charge in [0, 0.05) is 106 Å². The van der Waals surface area contributed by atoms with Gasteiger partial charge in [-0.1, -0.05) is 127 Å². The predicted octanol–water partition coefficient (Wildman–Crippen LogP) is 14.5. The maximum atomic E-state index is 12.5. The Morgan fingerprint density at radius 1 is 0.500 bits per heavy atom. The Labute approximate surface area is 734 Å². The van der Waals surface area contributed by atoms with Crippen molar-refractivity contribution in [2.75, 3.05) is 141 Å². The minimum atomic E-state index is -0.334. The van der Waals surface area contributed by atoms with Gasteiger partial charge in [-0.25, -0.2) is 21.5 Å². The number of anilines is 3. The molecule has 3 N–H and O–H groups in total. The second-order valence-electron chi connectivity index (χ2n) is 32.3. The number of hydrogen-bond donors (Lipinski definition) is 3. The number of likely N-dealkylation sites (tertiary alicyclic amines) is 2. The van der Waals surface area contributed by atoms with Gasteiger partial charge in [-0.05, 0) is 193 Å². The highest BCUT2D eigenvalue weighted by Gasteiger charge is 2.37. The summed E-state index contributed by atoms with van der Waals surface area (Å²) < 4.78 is 18.5. The van der Waals surface area contributed by atoms with E-state index < -0.39 is 0 Å². The number of aromatic hydroxyl groups is 3. The van der Waals surface area contributed by atoms with E-state index in [1.807, 2.05) is 128 Å². The fourth-order valence-electron chi connectivity index (χ4n) is 17.2. The van der Waals surface area contributed by atoms with Crippen LogP contribution in [0, 0.1) is 6.57 Å².